The number of nitrogens with one attached hydrogen (secondary N) is 1. The molecule has 0 spiro atoms. The van der Waals surface area contributed by atoms with E-state index in [9.17, 15) is 0 Å². The van der Waals surface area contributed by atoms with Crippen LogP contribution in [0.5, 0.6) is 0 Å². The van der Waals surface area contributed by atoms with E-state index in [0.717, 1.165) is 29.6 Å². The Morgan fingerprint density at radius 1 is 1.56 bits per heavy atom. The number of H-pyrrole nitrogens is 1. The third kappa shape index (κ3) is 1.86. The first-order chi connectivity index (χ1) is 8.70. The highest BCUT2D eigenvalue weighted by atomic mass is 79.9. The fourth-order valence-corrected chi connectivity index (χ4v) is 3.49. The minimum Gasteiger partial charge on any atom is -0.330 e. The van der Waals surface area contributed by atoms with Crippen molar-refractivity contribution in [2.24, 2.45) is 11.7 Å². The highest BCUT2D eigenvalue weighted by Gasteiger charge is 2.31. The van der Waals surface area contributed by atoms with E-state index in [1.807, 2.05) is 6.07 Å². The molecule has 0 saturated carbocycles. The molecule has 3 rings (SSSR count). The molecule has 0 radical (unpaired) electrons. The molecule has 1 aliphatic heterocycles. The number of aromatic amines is 1. The van der Waals surface area contributed by atoms with Crippen LogP contribution in [-0.4, -0.2) is 35.2 Å². The zero-order valence-corrected chi connectivity index (χ0v) is 11.9. The molecular formula is C13H17BrN4. The molecule has 1 aliphatic rings. The molecule has 2 atom stereocenters. The van der Waals surface area contributed by atoms with Crippen LogP contribution in [0.25, 0.3) is 10.9 Å². The molecule has 1 aromatic heterocycles. The highest BCUT2D eigenvalue weighted by molar-refractivity contribution is 9.10. The Morgan fingerprint density at radius 3 is 3.11 bits per heavy atom. The molecule has 0 amide bonds. The minimum atomic E-state index is 0.441. The van der Waals surface area contributed by atoms with Gasteiger partial charge in [0.25, 0.3) is 0 Å². The van der Waals surface area contributed by atoms with Crippen LogP contribution < -0.4 is 5.73 Å². The van der Waals surface area contributed by atoms with E-state index in [0.29, 0.717) is 12.0 Å². The molecule has 3 N–H and O–H groups in total. The summed E-state index contributed by atoms with van der Waals surface area (Å²) in [6, 6.07) is 6.75. The second-order valence-electron chi connectivity index (χ2n) is 5.07. The zero-order valence-electron chi connectivity index (χ0n) is 10.4. The first-order valence-electron chi connectivity index (χ1n) is 6.23. The molecule has 1 fully saturated rings. The van der Waals surface area contributed by atoms with Gasteiger partial charge in [-0.3, -0.25) is 10.00 Å². The number of nitrogens with two attached hydrogens (primary N) is 1. The number of hydrogen-bond acceptors (Lipinski definition) is 3. The standard InChI is InChI=1S/C13H17BrN4/c1-18-7-8(6-15)5-11(18)9-3-2-4-10-12(9)13(14)17-16-10/h2-4,8,11H,5-7,15H2,1H3,(H,16,17). The average molecular weight is 309 g/mol. The first-order valence-corrected chi connectivity index (χ1v) is 7.02. The number of aromatic nitrogens is 2. The minimum absolute atomic E-state index is 0.441. The summed E-state index contributed by atoms with van der Waals surface area (Å²) in [6.07, 6.45) is 1.13. The lowest BCUT2D eigenvalue weighted by molar-refractivity contribution is 0.315. The van der Waals surface area contributed by atoms with E-state index in [4.69, 9.17) is 5.73 Å². The van der Waals surface area contributed by atoms with Gasteiger partial charge in [0.1, 0.15) is 4.60 Å². The molecular weight excluding hydrogens is 292 g/mol. The van der Waals surface area contributed by atoms with Gasteiger partial charge in [-0.05, 0) is 53.5 Å². The molecule has 2 unspecified atom stereocenters. The Bertz CT molecular complexity index is 565. The number of rotatable bonds is 2. The van der Waals surface area contributed by atoms with Crippen LogP contribution in [0.3, 0.4) is 0 Å². The van der Waals surface area contributed by atoms with Crippen molar-refractivity contribution in [2.45, 2.75) is 12.5 Å². The second-order valence-corrected chi connectivity index (χ2v) is 5.86. The smallest absolute Gasteiger partial charge is 0.109 e. The zero-order chi connectivity index (χ0) is 12.7. The summed E-state index contributed by atoms with van der Waals surface area (Å²) >= 11 is 3.56. The van der Waals surface area contributed by atoms with E-state index in [-0.39, 0.29) is 0 Å². The summed E-state index contributed by atoms with van der Waals surface area (Å²) < 4.78 is 0.970. The van der Waals surface area contributed by atoms with Gasteiger partial charge in [0, 0.05) is 18.0 Å². The number of hydrogen-bond donors (Lipinski definition) is 2. The molecule has 0 aliphatic carbocycles. The molecule has 5 heteroatoms. The number of benzene rings is 1. The van der Waals surface area contributed by atoms with Crippen LogP contribution in [-0.2, 0) is 0 Å². The molecule has 1 saturated heterocycles. The lowest BCUT2D eigenvalue weighted by atomic mass is 9.97. The van der Waals surface area contributed by atoms with Gasteiger partial charge < -0.3 is 5.73 Å². The Morgan fingerprint density at radius 2 is 2.39 bits per heavy atom. The Kier molecular flexibility index (Phi) is 3.13. The maximum Gasteiger partial charge on any atom is 0.109 e. The predicted octanol–water partition coefficient (Wildman–Crippen LogP) is 2.28. The summed E-state index contributed by atoms with van der Waals surface area (Å²) in [6.45, 7) is 1.84. The maximum absolute atomic E-state index is 5.80. The van der Waals surface area contributed by atoms with Crippen molar-refractivity contribution in [3.05, 3.63) is 28.4 Å². The van der Waals surface area contributed by atoms with Crippen LogP contribution >= 0.6 is 15.9 Å². The number of halogens is 1. The number of fused-ring (bicyclic) bond motifs is 1. The van der Waals surface area contributed by atoms with E-state index < -0.39 is 0 Å². The molecule has 18 heavy (non-hydrogen) atoms. The summed E-state index contributed by atoms with van der Waals surface area (Å²) in [5.74, 6) is 0.598. The molecule has 2 heterocycles. The van der Waals surface area contributed by atoms with Gasteiger partial charge in [0.2, 0.25) is 0 Å². The molecule has 4 nitrogen and oxygen atoms in total. The summed E-state index contributed by atoms with van der Waals surface area (Å²) in [5, 5.41) is 8.50. The van der Waals surface area contributed by atoms with Gasteiger partial charge in [0.15, 0.2) is 0 Å². The predicted molar refractivity (Wildman–Crippen MR) is 76.3 cm³/mol. The van der Waals surface area contributed by atoms with Gasteiger partial charge in [0.05, 0.1) is 5.52 Å². The van der Waals surface area contributed by atoms with Crippen molar-refractivity contribution >= 4 is 26.8 Å². The van der Waals surface area contributed by atoms with Crippen LogP contribution in [0.4, 0.5) is 0 Å². The average Bonchev–Trinajstić information content (AvgIpc) is 2.93. The van der Waals surface area contributed by atoms with E-state index in [2.05, 4.69) is 50.2 Å². The second kappa shape index (κ2) is 4.64. The summed E-state index contributed by atoms with van der Waals surface area (Å²) in [5.41, 5.74) is 8.16. The van der Waals surface area contributed by atoms with Crippen LogP contribution in [0.1, 0.15) is 18.0 Å². The summed E-state index contributed by atoms with van der Waals surface area (Å²) in [4.78, 5) is 2.39. The number of likely N-dealkylation sites (tertiary alicyclic amines) is 1. The molecule has 96 valence electrons. The van der Waals surface area contributed by atoms with Gasteiger partial charge in [-0.25, -0.2) is 0 Å². The van der Waals surface area contributed by atoms with Crippen LogP contribution in [0, 0.1) is 5.92 Å². The summed E-state index contributed by atoms with van der Waals surface area (Å²) in [7, 11) is 2.17. The van der Waals surface area contributed by atoms with Crippen molar-refractivity contribution in [3.8, 4) is 0 Å². The maximum atomic E-state index is 5.80. The van der Waals surface area contributed by atoms with Crippen molar-refractivity contribution in [2.75, 3.05) is 20.1 Å². The topological polar surface area (TPSA) is 57.9 Å². The largest absolute Gasteiger partial charge is 0.330 e. The van der Waals surface area contributed by atoms with Gasteiger partial charge in [-0.2, -0.15) is 5.10 Å². The lowest BCUT2D eigenvalue weighted by Crippen LogP contribution is -2.20. The van der Waals surface area contributed by atoms with E-state index in [1.54, 1.807) is 0 Å². The van der Waals surface area contributed by atoms with E-state index >= 15 is 0 Å². The van der Waals surface area contributed by atoms with Crippen LogP contribution in [0.2, 0.25) is 0 Å². The third-order valence-corrected chi connectivity index (χ3v) is 4.47. The first kappa shape index (κ1) is 12.1. The Balaban J connectivity index is 2.06. The van der Waals surface area contributed by atoms with Crippen molar-refractivity contribution in [3.63, 3.8) is 0 Å². The molecule has 1 aromatic carbocycles. The lowest BCUT2D eigenvalue weighted by Gasteiger charge is -2.20. The fraction of sp³-hybridized carbons (Fsp3) is 0.462. The quantitative estimate of drug-likeness (QED) is 0.895. The van der Waals surface area contributed by atoms with Crippen molar-refractivity contribution < 1.29 is 0 Å². The molecule has 0 bridgehead atoms. The van der Waals surface area contributed by atoms with Crippen LogP contribution in [0.15, 0.2) is 22.8 Å². The molecule has 2 aromatic rings. The fourth-order valence-electron chi connectivity index (χ4n) is 2.97. The van der Waals surface area contributed by atoms with Gasteiger partial charge >= 0.3 is 0 Å². The van der Waals surface area contributed by atoms with E-state index in [1.165, 1.54) is 10.9 Å². The SMILES string of the molecule is CN1CC(CN)CC1c1cccc2n[nH]c(Br)c12. The monoisotopic (exact) mass is 308 g/mol. The third-order valence-electron chi connectivity index (χ3n) is 3.90. The Labute approximate surface area is 115 Å². The Hall–Kier alpha value is -0.910. The van der Waals surface area contributed by atoms with Crippen molar-refractivity contribution in [1.29, 1.82) is 0 Å². The van der Waals surface area contributed by atoms with Crippen molar-refractivity contribution in [1.82, 2.24) is 15.1 Å². The highest BCUT2D eigenvalue weighted by Crippen LogP contribution is 2.38. The van der Waals surface area contributed by atoms with Gasteiger partial charge in [-0.15, -0.1) is 0 Å². The normalized spacial score (nSPS) is 25.1. The van der Waals surface area contributed by atoms with Gasteiger partial charge in [-0.1, -0.05) is 12.1 Å². The number of nitrogens with zero attached hydrogens (tertiary/aromatic N) is 2.